The molecule has 3 aliphatic rings. The fraction of sp³-hybridized carbons (Fsp3) is 0.500. The zero-order valence-electron chi connectivity index (χ0n) is 13.7. The first-order valence-corrected chi connectivity index (χ1v) is 8.53. The molecule has 0 bridgehead atoms. The van der Waals surface area contributed by atoms with Crippen LogP contribution >= 0.6 is 0 Å². The van der Waals surface area contributed by atoms with E-state index in [1.165, 1.54) is 18.1 Å². The summed E-state index contributed by atoms with van der Waals surface area (Å²) in [5.41, 5.74) is 2.53. The van der Waals surface area contributed by atoms with E-state index in [0.717, 1.165) is 25.7 Å². The quantitative estimate of drug-likeness (QED) is 0.585. The molecule has 23 heavy (non-hydrogen) atoms. The number of carbonyl (C=O) groups excluding carboxylic acids is 2. The molecule has 0 spiro atoms. The molecule has 0 radical (unpaired) electrons. The van der Waals surface area contributed by atoms with Crippen LogP contribution in [0.3, 0.4) is 0 Å². The minimum Gasteiger partial charge on any atom is -0.427 e. The molecule has 1 aromatic carbocycles. The number of hydrogen-bond acceptors (Lipinski definition) is 3. The molecule has 0 heterocycles. The third kappa shape index (κ3) is 2.17. The van der Waals surface area contributed by atoms with Crippen molar-refractivity contribution < 1.29 is 14.3 Å². The van der Waals surface area contributed by atoms with Crippen molar-refractivity contribution in [3.63, 3.8) is 0 Å². The van der Waals surface area contributed by atoms with Crippen molar-refractivity contribution in [2.75, 3.05) is 0 Å². The first-order valence-electron chi connectivity index (χ1n) is 8.53. The third-order valence-corrected chi connectivity index (χ3v) is 6.23. The highest BCUT2D eigenvalue weighted by Gasteiger charge is 2.52. The topological polar surface area (TPSA) is 43.4 Å². The second kappa shape index (κ2) is 5.05. The van der Waals surface area contributed by atoms with Crippen molar-refractivity contribution in [3.05, 3.63) is 41.5 Å². The van der Waals surface area contributed by atoms with Crippen LogP contribution in [-0.4, -0.2) is 11.8 Å². The number of aryl methyl sites for hydroxylation is 1. The van der Waals surface area contributed by atoms with Crippen LogP contribution in [0.25, 0.3) is 0 Å². The number of ether oxygens (including phenoxy) is 1. The first-order chi connectivity index (χ1) is 11.0. The lowest BCUT2D eigenvalue weighted by atomic mass is 9.55. The summed E-state index contributed by atoms with van der Waals surface area (Å²) in [6, 6.07) is 6.07. The van der Waals surface area contributed by atoms with Crippen molar-refractivity contribution >= 4 is 11.8 Å². The highest BCUT2D eigenvalue weighted by atomic mass is 16.5. The number of fused-ring (bicyclic) bond motifs is 5. The summed E-state index contributed by atoms with van der Waals surface area (Å²) >= 11 is 0. The van der Waals surface area contributed by atoms with Gasteiger partial charge in [0.15, 0.2) is 5.78 Å². The predicted octanol–water partition coefficient (Wildman–Crippen LogP) is 3.81. The van der Waals surface area contributed by atoms with Gasteiger partial charge in [-0.2, -0.15) is 0 Å². The molecule has 0 unspecified atom stereocenters. The minimum atomic E-state index is -0.276. The molecule has 3 nitrogen and oxygen atoms in total. The van der Waals surface area contributed by atoms with Gasteiger partial charge in [0.25, 0.3) is 0 Å². The van der Waals surface area contributed by atoms with Gasteiger partial charge in [-0.3, -0.25) is 9.59 Å². The summed E-state index contributed by atoms with van der Waals surface area (Å²) in [7, 11) is 0. The van der Waals surface area contributed by atoms with E-state index >= 15 is 0 Å². The highest BCUT2D eigenvalue weighted by Crippen LogP contribution is 2.57. The SMILES string of the molecule is CC(=O)Oc1ccc2c(c1)CC[C@@H]1[C@@H]2CC[C@]2(C)C(=O)C=C[C@@H]12. The molecule has 3 heteroatoms. The van der Waals surface area contributed by atoms with E-state index in [4.69, 9.17) is 4.74 Å². The number of carbonyl (C=O) groups is 2. The molecule has 3 aliphatic carbocycles. The van der Waals surface area contributed by atoms with E-state index in [-0.39, 0.29) is 11.4 Å². The first kappa shape index (κ1) is 14.7. The van der Waals surface area contributed by atoms with Crippen LogP contribution in [0.2, 0.25) is 0 Å². The van der Waals surface area contributed by atoms with Crippen molar-refractivity contribution in [2.24, 2.45) is 17.3 Å². The molecule has 0 aliphatic heterocycles. The smallest absolute Gasteiger partial charge is 0.308 e. The highest BCUT2D eigenvalue weighted by molar-refractivity contribution is 5.97. The Balaban J connectivity index is 1.66. The van der Waals surface area contributed by atoms with Crippen molar-refractivity contribution in [1.82, 2.24) is 0 Å². The Morgan fingerprint density at radius 3 is 2.91 bits per heavy atom. The Hall–Kier alpha value is -1.90. The monoisotopic (exact) mass is 310 g/mol. The van der Waals surface area contributed by atoms with Gasteiger partial charge in [0, 0.05) is 12.3 Å². The maximum absolute atomic E-state index is 12.3. The number of ketones is 1. The Bertz CT molecular complexity index is 718. The molecule has 1 saturated carbocycles. The van der Waals surface area contributed by atoms with Gasteiger partial charge in [-0.15, -0.1) is 0 Å². The van der Waals surface area contributed by atoms with Gasteiger partial charge in [0.05, 0.1) is 0 Å². The van der Waals surface area contributed by atoms with Gasteiger partial charge < -0.3 is 4.74 Å². The molecule has 0 amide bonds. The molecule has 0 saturated heterocycles. The Labute approximate surface area is 136 Å². The lowest BCUT2D eigenvalue weighted by Gasteiger charge is -2.48. The molecule has 120 valence electrons. The van der Waals surface area contributed by atoms with Gasteiger partial charge in [-0.05, 0) is 72.8 Å². The average molecular weight is 310 g/mol. The fourth-order valence-electron chi connectivity index (χ4n) is 5.06. The van der Waals surface area contributed by atoms with Crippen LogP contribution in [-0.2, 0) is 16.0 Å². The lowest BCUT2D eigenvalue weighted by molar-refractivity contribution is -0.132. The molecule has 1 fully saturated rings. The van der Waals surface area contributed by atoms with E-state index in [2.05, 4.69) is 19.1 Å². The largest absolute Gasteiger partial charge is 0.427 e. The molecular weight excluding hydrogens is 288 g/mol. The third-order valence-electron chi connectivity index (χ3n) is 6.23. The van der Waals surface area contributed by atoms with Crippen LogP contribution in [0, 0.1) is 17.3 Å². The van der Waals surface area contributed by atoms with Crippen LogP contribution in [0.5, 0.6) is 5.75 Å². The van der Waals surface area contributed by atoms with E-state index in [9.17, 15) is 9.59 Å². The van der Waals surface area contributed by atoms with Crippen LogP contribution in [0.1, 0.15) is 50.2 Å². The summed E-state index contributed by atoms with van der Waals surface area (Å²) in [5.74, 6) is 2.15. The molecule has 0 aromatic heterocycles. The van der Waals surface area contributed by atoms with E-state index < -0.39 is 0 Å². The maximum atomic E-state index is 12.3. The summed E-state index contributed by atoms with van der Waals surface area (Å²) in [6.07, 6.45) is 8.13. The number of esters is 1. The molecule has 4 atom stereocenters. The average Bonchev–Trinajstić information content (AvgIpc) is 2.82. The van der Waals surface area contributed by atoms with E-state index in [0.29, 0.717) is 29.3 Å². The van der Waals surface area contributed by atoms with E-state index in [1.807, 2.05) is 18.2 Å². The van der Waals surface area contributed by atoms with Crippen molar-refractivity contribution in [2.45, 2.75) is 45.4 Å². The predicted molar refractivity (Wildman–Crippen MR) is 87.3 cm³/mol. The fourth-order valence-corrected chi connectivity index (χ4v) is 5.06. The second-order valence-electron chi connectivity index (χ2n) is 7.47. The van der Waals surface area contributed by atoms with Crippen LogP contribution in [0.15, 0.2) is 30.4 Å². The molecular formula is C20H22O3. The molecule has 4 rings (SSSR count). The number of rotatable bonds is 1. The zero-order valence-corrected chi connectivity index (χ0v) is 13.7. The normalized spacial score (nSPS) is 34.5. The molecule has 0 N–H and O–H groups in total. The summed E-state index contributed by atoms with van der Waals surface area (Å²) in [5, 5.41) is 0. The van der Waals surface area contributed by atoms with Gasteiger partial charge in [0.1, 0.15) is 5.75 Å². The summed E-state index contributed by atoms with van der Waals surface area (Å²) in [6.45, 7) is 3.58. The van der Waals surface area contributed by atoms with Crippen LogP contribution in [0.4, 0.5) is 0 Å². The lowest BCUT2D eigenvalue weighted by Crippen LogP contribution is -2.42. The van der Waals surface area contributed by atoms with Crippen molar-refractivity contribution in [1.29, 1.82) is 0 Å². The minimum absolute atomic E-state index is 0.170. The second-order valence-corrected chi connectivity index (χ2v) is 7.47. The molecule has 1 aromatic rings. The Morgan fingerprint density at radius 2 is 2.13 bits per heavy atom. The van der Waals surface area contributed by atoms with E-state index in [1.54, 1.807) is 0 Å². The Morgan fingerprint density at radius 1 is 1.30 bits per heavy atom. The number of benzene rings is 1. The number of hydrogen-bond donors (Lipinski definition) is 0. The van der Waals surface area contributed by atoms with Gasteiger partial charge in [-0.1, -0.05) is 19.1 Å². The van der Waals surface area contributed by atoms with Crippen molar-refractivity contribution in [3.8, 4) is 5.75 Å². The standard InChI is InChI=1S/C20H22O3/c1-12(21)23-14-4-6-15-13(11-14)3-5-17-16(15)9-10-20(2)18(17)7-8-19(20)22/h4,6-8,11,16-18H,3,5,9-10H2,1-2H3/t16-,17-,18+,20+/m1/s1. The maximum Gasteiger partial charge on any atom is 0.308 e. The Kier molecular flexibility index (Phi) is 3.22. The summed E-state index contributed by atoms with van der Waals surface area (Å²) < 4.78 is 5.22. The summed E-state index contributed by atoms with van der Waals surface area (Å²) in [4.78, 5) is 23.4. The zero-order chi connectivity index (χ0) is 16.2. The number of allylic oxidation sites excluding steroid dienone is 2. The van der Waals surface area contributed by atoms with Crippen LogP contribution < -0.4 is 4.74 Å². The van der Waals surface area contributed by atoms with Gasteiger partial charge in [0.2, 0.25) is 0 Å². The van der Waals surface area contributed by atoms with Gasteiger partial charge in [-0.25, -0.2) is 0 Å². The van der Waals surface area contributed by atoms with Gasteiger partial charge >= 0.3 is 5.97 Å².